The predicted molar refractivity (Wildman–Crippen MR) is 119 cm³/mol. The topological polar surface area (TPSA) is 76.7 Å². The number of carbonyl (C=O) groups excluding carboxylic acids is 2. The van der Waals surface area contributed by atoms with E-state index in [1.165, 1.54) is 7.11 Å². The van der Waals surface area contributed by atoms with Crippen LogP contribution in [-0.4, -0.2) is 25.5 Å². The molecule has 3 aromatic carbocycles. The Morgan fingerprint density at radius 1 is 0.871 bits per heavy atom. The van der Waals surface area contributed by atoms with Gasteiger partial charge >= 0.3 is 0 Å². The van der Waals surface area contributed by atoms with Gasteiger partial charge in [-0.05, 0) is 41.5 Å². The minimum Gasteiger partial charge on any atom is -0.493 e. The van der Waals surface area contributed by atoms with Gasteiger partial charge in [0.05, 0.1) is 13.7 Å². The second kappa shape index (κ2) is 11.0. The SMILES string of the molecule is COc1cc(C(=O)NCC(=O)NCc2ccccc2)ccc1OCc1ccc(Cl)cc1. The van der Waals surface area contributed by atoms with Crippen molar-refractivity contribution < 1.29 is 19.1 Å². The Morgan fingerprint density at radius 3 is 2.32 bits per heavy atom. The van der Waals surface area contributed by atoms with Crippen molar-refractivity contribution in [3.8, 4) is 11.5 Å². The molecule has 0 aliphatic heterocycles. The molecule has 0 aliphatic rings. The molecule has 6 nitrogen and oxygen atoms in total. The van der Waals surface area contributed by atoms with Gasteiger partial charge in [-0.15, -0.1) is 0 Å². The van der Waals surface area contributed by atoms with Gasteiger partial charge in [-0.3, -0.25) is 9.59 Å². The van der Waals surface area contributed by atoms with Gasteiger partial charge in [0.25, 0.3) is 5.91 Å². The summed E-state index contributed by atoms with van der Waals surface area (Å²) in [6.07, 6.45) is 0. The van der Waals surface area contributed by atoms with Crippen molar-refractivity contribution in [1.82, 2.24) is 10.6 Å². The Labute approximate surface area is 186 Å². The summed E-state index contributed by atoms with van der Waals surface area (Å²) < 4.78 is 11.1. The molecule has 0 radical (unpaired) electrons. The Bertz CT molecular complexity index is 1020. The van der Waals surface area contributed by atoms with Crippen molar-refractivity contribution in [1.29, 1.82) is 0 Å². The highest BCUT2D eigenvalue weighted by Crippen LogP contribution is 2.29. The number of hydrogen-bond acceptors (Lipinski definition) is 4. The van der Waals surface area contributed by atoms with Crippen LogP contribution in [0.3, 0.4) is 0 Å². The maximum Gasteiger partial charge on any atom is 0.251 e. The van der Waals surface area contributed by atoms with Crippen LogP contribution in [-0.2, 0) is 17.9 Å². The Kier molecular flexibility index (Phi) is 7.90. The van der Waals surface area contributed by atoms with E-state index in [1.807, 2.05) is 42.5 Å². The van der Waals surface area contributed by atoms with Gasteiger partial charge in [-0.1, -0.05) is 54.1 Å². The molecule has 160 valence electrons. The van der Waals surface area contributed by atoms with Gasteiger partial charge in [0.2, 0.25) is 5.91 Å². The van der Waals surface area contributed by atoms with Crippen LogP contribution in [0, 0.1) is 0 Å². The number of ether oxygens (including phenoxy) is 2. The molecule has 0 aliphatic carbocycles. The first kappa shape index (κ1) is 22.2. The first-order chi connectivity index (χ1) is 15.0. The Hall–Kier alpha value is -3.51. The van der Waals surface area contributed by atoms with E-state index in [0.29, 0.717) is 35.2 Å². The second-order valence-electron chi connectivity index (χ2n) is 6.73. The van der Waals surface area contributed by atoms with Gasteiger partial charge < -0.3 is 20.1 Å². The minimum absolute atomic E-state index is 0.122. The number of rotatable bonds is 9. The largest absolute Gasteiger partial charge is 0.493 e. The lowest BCUT2D eigenvalue weighted by Gasteiger charge is -2.12. The van der Waals surface area contributed by atoms with Crippen molar-refractivity contribution in [3.63, 3.8) is 0 Å². The predicted octanol–water partition coefficient (Wildman–Crippen LogP) is 3.97. The molecule has 0 fully saturated rings. The molecule has 2 amide bonds. The van der Waals surface area contributed by atoms with Gasteiger partial charge in [-0.25, -0.2) is 0 Å². The number of methoxy groups -OCH3 is 1. The highest BCUT2D eigenvalue weighted by atomic mass is 35.5. The highest BCUT2D eigenvalue weighted by Gasteiger charge is 2.12. The van der Waals surface area contributed by atoms with Gasteiger partial charge in [-0.2, -0.15) is 0 Å². The highest BCUT2D eigenvalue weighted by molar-refractivity contribution is 6.30. The number of hydrogen-bond donors (Lipinski definition) is 2. The Balaban J connectivity index is 1.52. The van der Waals surface area contributed by atoms with E-state index in [1.54, 1.807) is 30.3 Å². The quantitative estimate of drug-likeness (QED) is 0.530. The average Bonchev–Trinajstić information content (AvgIpc) is 2.81. The zero-order valence-corrected chi connectivity index (χ0v) is 17.8. The van der Waals surface area contributed by atoms with Crippen LogP contribution >= 0.6 is 11.6 Å². The van der Waals surface area contributed by atoms with Gasteiger partial charge in [0.1, 0.15) is 6.61 Å². The summed E-state index contributed by atoms with van der Waals surface area (Å²) in [5, 5.41) is 6.03. The first-order valence-electron chi connectivity index (χ1n) is 9.69. The third-order valence-electron chi connectivity index (χ3n) is 4.48. The molecule has 31 heavy (non-hydrogen) atoms. The van der Waals surface area contributed by atoms with Crippen molar-refractivity contribution in [2.75, 3.05) is 13.7 Å². The zero-order valence-electron chi connectivity index (χ0n) is 17.1. The molecule has 0 atom stereocenters. The van der Waals surface area contributed by atoms with Crippen molar-refractivity contribution >= 4 is 23.4 Å². The minimum atomic E-state index is -0.377. The van der Waals surface area contributed by atoms with Crippen molar-refractivity contribution in [2.45, 2.75) is 13.2 Å². The number of benzene rings is 3. The summed E-state index contributed by atoms with van der Waals surface area (Å²) in [4.78, 5) is 24.4. The maximum atomic E-state index is 12.4. The fourth-order valence-electron chi connectivity index (χ4n) is 2.79. The molecule has 0 heterocycles. The summed E-state index contributed by atoms with van der Waals surface area (Å²) in [5.41, 5.74) is 2.31. The molecule has 0 aromatic heterocycles. The summed E-state index contributed by atoms with van der Waals surface area (Å²) >= 11 is 5.89. The lowest BCUT2D eigenvalue weighted by Crippen LogP contribution is -2.36. The molecule has 7 heteroatoms. The standard InChI is InChI=1S/C24H23ClN2O4/c1-30-22-13-19(9-12-21(22)31-16-18-7-10-20(25)11-8-18)24(29)27-15-23(28)26-14-17-5-3-2-4-6-17/h2-13H,14-16H2,1H3,(H,26,28)(H,27,29). The molecular formula is C24H23ClN2O4. The average molecular weight is 439 g/mol. The second-order valence-corrected chi connectivity index (χ2v) is 7.16. The maximum absolute atomic E-state index is 12.4. The molecular weight excluding hydrogens is 416 g/mol. The van der Waals surface area contributed by atoms with E-state index < -0.39 is 0 Å². The van der Waals surface area contributed by atoms with E-state index in [-0.39, 0.29) is 18.4 Å². The van der Waals surface area contributed by atoms with Crippen LogP contribution in [0.5, 0.6) is 11.5 Å². The molecule has 0 bridgehead atoms. The smallest absolute Gasteiger partial charge is 0.251 e. The summed E-state index contributed by atoms with van der Waals surface area (Å²) in [5.74, 6) is 0.286. The number of carbonyl (C=O) groups is 2. The van der Waals surface area contributed by atoms with E-state index >= 15 is 0 Å². The summed E-state index contributed by atoms with van der Waals surface area (Å²) in [6.45, 7) is 0.618. The lowest BCUT2D eigenvalue weighted by atomic mass is 10.2. The number of amides is 2. The van der Waals surface area contributed by atoms with Gasteiger partial charge in [0, 0.05) is 17.1 Å². The third kappa shape index (κ3) is 6.76. The molecule has 0 saturated heterocycles. The normalized spacial score (nSPS) is 10.3. The van der Waals surface area contributed by atoms with Crippen LogP contribution in [0.4, 0.5) is 0 Å². The molecule has 2 N–H and O–H groups in total. The van der Waals surface area contributed by atoms with Crippen molar-refractivity contribution in [2.24, 2.45) is 0 Å². The molecule has 3 aromatic rings. The van der Waals surface area contributed by atoms with Crippen LogP contribution < -0.4 is 20.1 Å². The van der Waals surface area contributed by atoms with E-state index in [0.717, 1.165) is 11.1 Å². The summed E-state index contributed by atoms with van der Waals surface area (Å²) in [6, 6.07) is 21.8. The lowest BCUT2D eigenvalue weighted by molar-refractivity contribution is -0.120. The zero-order chi connectivity index (χ0) is 22.1. The van der Waals surface area contributed by atoms with E-state index in [4.69, 9.17) is 21.1 Å². The first-order valence-corrected chi connectivity index (χ1v) is 10.1. The van der Waals surface area contributed by atoms with Gasteiger partial charge in [0.15, 0.2) is 11.5 Å². The molecule has 0 saturated carbocycles. The van der Waals surface area contributed by atoms with Crippen molar-refractivity contribution in [3.05, 3.63) is 94.5 Å². The van der Waals surface area contributed by atoms with E-state index in [2.05, 4.69) is 10.6 Å². The van der Waals surface area contributed by atoms with Crippen LogP contribution in [0.2, 0.25) is 5.02 Å². The molecule has 3 rings (SSSR count). The Morgan fingerprint density at radius 2 is 1.61 bits per heavy atom. The number of nitrogens with one attached hydrogen (secondary N) is 2. The van der Waals surface area contributed by atoms with Crippen LogP contribution in [0.15, 0.2) is 72.8 Å². The molecule has 0 spiro atoms. The van der Waals surface area contributed by atoms with E-state index in [9.17, 15) is 9.59 Å². The molecule has 0 unspecified atom stereocenters. The third-order valence-corrected chi connectivity index (χ3v) is 4.73. The fraction of sp³-hybridized carbons (Fsp3) is 0.167. The van der Waals surface area contributed by atoms with Crippen LogP contribution in [0.1, 0.15) is 21.5 Å². The van der Waals surface area contributed by atoms with Crippen LogP contribution in [0.25, 0.3) is 0 Å². The number of halogens is 1. The fourth-order valence-corrected chi connectivity index (χ4v) is 2.92. The summed E-state index contributed by atoms with van der Waals surface area (Å²) in [7, 11) is 1.50. The monoisotopic (exact) mass is 438 g/mol.